The van der Waals surface area contributed by atoms with E-state index in [1.54, 1.807) is 18.2 Å². The average molecular weight is 379 g/mol. The molecule has 0 unspecified atom stereocenters. The second kappa shape index (κ2) is 7.84. The van der Waals surface area contributed by atoms with Gasteiger partial charge in [-0.2, -0.15) is 0 Å². The van der Waals surface area contributed by atoms with E-state index >= 15 is 0 Å². The summed E-state index contributed by atoms with van der Waals surface area (Å²) >= 11 is 9.08. The molecule has 0 bridgehead atoms. The van der Waals surface area contributed by atoms with E-state index in [-0.39, 0.29) is 12.8 Å². The van der Waals surface area contributed by atoms with Crippen molar-refractivity contribution >= 4 is 51.1 Å². The molecular weight excluding hydrogens is 366 g/mol. The standard InChI is InChI=1S/C12H13BrClN3O4/c13-10-6(14)2-1-3-7(10)16-12(21)17-8(11(19)20)4-5-9(15)18/h1-3,8H,4-5H2,(H2,15,18)(H,19,20)(H2,16,17,21)/t8-/m0/s1. The van der Waals surface area contributed by atoms with Gasteiger partial charge in [0.1, 0.15) is 6.04 Å². The molecule has 114 valence electrons. The lowest BCUT2D eigenvalue weighted by Gasteiger charge is -2.15. The molecule has 1 aromatic carbocycles. The molecule has 0 aromatic heterocycles. The Hall–Kier alpha value is -1.80. The van der Waals surface area contributed by atoms with Crippen molar-refractivity contribution in [2.45, 2.75) is 18.9 Å². The highest BCUT2D eigenvalue weighted by molar-refractivity contribution is 9.10. The van der Waals surface area contributed by atoms with Gasteiger partial charge in [0.05, 0.1) is 15.2 Å². The molecule has 0 heterocycles. The number of carbonyl (C=O) groups excluding carboxylic acids is 2. The fourth-order valence-corrected chi connectivity index (χ4v) is 2.00. The van der Waals surface area contributed by atoms with Gasteiger partial charge in [0.25, 0.3) is 0 Å². The van der Waals surface area contributed by atoms with Crippen molar-refractivity contribution in [3.8, 4) is 0 Å². The van der Waals surface area contributed by atoms with Gasteiger partial charge in [-0.3, -0.25) is 4.79 Å². The minimum atomic E-state index is -1.25. The van der Waals surface area contributed by atoms with Crippen molar-refractivity contribution < 1.29 is 19.5 Å². The van der Waals surface area contributed by atoms with Crippen LogP contribution in [-0.4, -0.2) is 29.1 Å². The maximum atomic E-state index is 11.8. The summed E-state index contributed by atoms with van der Waals surface area (Å²) in [7, 11) is 0. The summed E-state index contributed by atoms with van der Waals surface area (Å²) in [5.74, 6) is -1.89. The van der Waals surface area contributed by atoms with Crippen molar-refractivity contribution in [3.05, 3.63) is 27.7 Å². The van der Waals surface area contributed by atoms with Crippen LogP contribution in [0.15, 0.2) is 22.7 Å². The molecule has 21 heavy (non-hydrogen) atoms. The predicted octanol–water partition coefficient (Wildman–Crippen LogP) is 1.94. The van der Waals surface area contributed by atoms with Crippen molar-refractivity contribution in [1.82, 2.24) is 5.32 Å². The SMILES string of the molecule is NC(=O)CC[C@H](NC(=O)Nc1cccc(Cl)c1Br)C(=O)O. The lowest BCUT2D eigenvalue weighted by molar-refractivity contribution is -0.139. The number of aliphatic carboxylic acids is 1. The number of anilines is 1. The summed E-state index contributed by atoms with van der Waals surface area (Å²) in [5.41, 5.74) is 5.34. The van der Waals surface area contributed by atoms with Crippen LogP contribution in [0.4, 0.5) is 10.5 Å². The van der Waals surface area contributed by atoms with E-state index < -0.39 is 23.9 Å². The molecule has 0 radical (unpaired) electrons. The van der Waals surface area contributed by atoms with Gasteiger partial charge in [-0.05, 0) is 34.5 Å². The van der Waals surface area contributed by atoms with E-state index in [1.165, 1.54) is 0 Å². The maximum Gasteiger partial charge on any atom is 0.326 e. The molecule has 7 nitrogen and oxygen atoms in total. The van der Waals surface area contributed by atoms with Crippen LogP contribution in [-0.2, 0) is 9.59 Å². The number of hydrogen-bond acceptors (Lipinski definition) is 3. The number of carboxylic acids is 1. The van der Waals surface area contributed by atoms with Crippen molar-refractivity contribution in [1.29, 1.82) is 0 Å². The molecule has 9 heteroatoms. The van der Waals surface area contributed by atoms with Crippen LogP contribution in [0.5, 0.6) is 0 Å². The van der Waals surface area contributed by atoms with E-state index in [4.69, 9.17) is 22.4 Å². The summed E-state index contributed by atoms with van der Waals surface area (Å²) < 4.78 is 0.478. The number of carboxylic acid groups (broad SMARTS) is 1. The van der Waals surface area contributed by atoms with Crippen LogP contribution in [0, 0.1) is 0 Å². The van der Waals surface area contributed by atoms with Crippen LogP contribution in [0.3, 0.4) is 0 Å². The van der Waals surface area contributed by atoms with Crippen LogP contribution in [0.2, 0.25) is 5.02 Å². The Morgan fingerprint density at radius 3 is 2.62 bits per heavy atom. The number of benzene rings is 1. The van der Waals surface area contributed by atoms with Gasteiger partial charge in [0, 0.05) is 6.42 Å². The third-order valence-corrected chi connectivity index (χ3v) is 3.88. The Morgan fingerprint density at radius 2 is 2.05 bits per heavy atom. The van der Waals surface area contributed by atoms with Gasteiger partial charge < -0.3 is 21.5 Å². The quantitative estimate of drug-likeness (QED) is 0.604. The maximum absolute atomic E-state index is 11.8. The predicted molar refractivity (Wildman–Crippen MR) is 81.2 cm³/mol. The molecule has 3 amide bonds. The van der Waals surface area contributed by atoms with E-state index in [1.807, 2.05) is 0 Å². The molecule has 0 saturated heterocycles. The Morgan fingerprint density at radius 1 is 1.38 bits per heavy atom. The van der Waals surface area contributed by atoms with Gasteiger partial charge >= 0.3 is 12.0 Å². The van der Waals surface area contributed by atoms with Crippen molar-refractivity contribution in [3.63, 3.8) is 0 Å². The average Bonchev–Trinajstić information content (AvgIpc) is 2.39. The molecule has 0 aliphatic carbocycles. The zero-order chi connectivity index (χ0) is 16.0. The third kappa shape index (κ3) is 5.60. The van der Waals surface area contributed by atoms with Gasteiger partial charge in [-0.1, -0.05) is 17.7 Å². The molecule has 0 spiro atoms. The van der Waals surface area contributed by atoms with Crippen LogP contribution < -0.4 is 16.4 Å². The number of nitrogens with one attached hydrogen (secondary N) is 2. The lowest BCUT2D eigenvalue weighted by atomic mass is 10.1. The number of urea groups is 1. The molecule has 5 N–H and O–H groups in total. The van der Waals surface area contributed by atoms with E-state index in [0.29, 0.717) is 15.2 Å². The third-order valence-electron chi connectivity index (χ3n) is 2.48. The molecule has 0 saturated carbocycles. The van der Waals surface area contributed by atoms with Gasteiger partial charge in [0.2, 0.25) is 5.91 Å². The smallest absolute Gasteiger partial charge is 0.326 e. The largest absolute Gasteiger partial charge is 0.480 e. The Bertz CT molecular complexity index is 567. The monoisotopic (exact) mass is 377 g/mol. The first-order valence-corrected chi connectivity index (χ1v) is 7.01. The summed E-state index contributed by atoms with van der Waals surface area (Å²) in [5, 5.41) is 14.1. The summed E-state index contributed by atoms with van der Waals surface area (Å²) in [4.78, 5) is 33.4. The first-order chi connectivity index (χ1) is 9.81. The van der Waals surface area contributed by atoms with Crippen LogP contribution in [0.25, 0.3) is 0 Å². The fourth-order valence-electron chi connectivity index (χ4n) is 1.46. The number of hydrogen-bond donors (Lipinski definition) is 4. The first kappa shape index (κ1) is 17.3. The zero-order valence-electron chi connectivity index (χ0n) is 10.7. The summed E-state index contributed by atoms with van der Waals surface area (Å²) in [6, 6.07) is 2.91. The van der Waals surface area contributed by atoms with E-state index in [2.05, 4.69) is 26.6 Å². The molecule has 0 fully saturated rings. The minimum Gasteiger partial charge on any atom is -0.480 e. The summed E-state index contributed by atoms with van der Waals surface area (Å²) in [6.07, 6.45) is -0.229. The van der Waals surface area contributed by atoms with Gasteiger partial charge in [-0.25, -0.2) is 9.59 Å². The van der Waals surface area contributed by atoms with Gasteiger partial charge in [0.15, 0.2) is 0 Å². The molecule has 1 aromatic rings. The first-order valence-electron chi connectivity index (χ1n) is 5.84. The number of halogens is 2. The van der Waals surface area contributed by atoms with Crippen LogP contribution >= 0.6 is 27.5 Å². The highest BCUT2D eigenvalue weighted by Crippen LogP contribution is 2.29. The number of amides is 3. The molecule has 0 aliphatic rings. The highest BCUT2D eigenvalue weighted by Gasteiger charge is 2.21. The highest BCUT2D eigenvalue weighted by atomic mass is 79.9. The van der Waals surface area contributed by atoms with E-state index in [0.717, 1.165) is 0 Å². The Labute approximate surface area is 134 Å². The Kier molecular flexibility index (Phi) is 6.44. The van der Waals surface area contributed by atoms with Crippen molar-refractivity contribution in [2.75, 3.05) is 5.32 Å². The summed E-state index contributed by atoms with van der Waals surface area (Å²) in [6.45, 7) is 0. The van der Waals surface area contributed by atoms with Crippen molar-refractivity contribution in [2.24, 2.45) is 5.73 Å². The molecule has 1 atom stereocenters. The minimum absolute atomic E-state index is 0.0885. The second-order valence-electron chi connectivity index (χ2n) is 4.10. The van der Waals surface area contributed by atoms with E-state index in [9.17, 15) is 14.4 Å². The number of primary amides is 1. The topological polar surface area (TPSA) is 122 Å². The number of nitrogens with two attached hydrogens (primary N) is 1. The fraction of sp³-hybridized carbons (Fsp3) is 0.250. The second-order valence-corrected chi connectivity index (χ2v) is 5.30. The molecular formula is C12H13BrClN3O4. The van der Waals surface area contributed by atoms with Gasteiger partial charge in [-0.15, -0.1) is 0 Å². The normalized spacial score (nSPS) is 11.5. The molecule has 0 aliphatic heterocycles. The number of rotatable bonds is 6. The lowest BCUT2D eigenvalue weighted by Crippen LogP contribution is -2.43. The van der Waals surface area contributed by atoms with Crippen LogP contribution in [0.1, 0.15) is 12.8 Å². The Balaban J connectivity index is 2.67. The molecule has 1 rings (SSSR count). The number of carbonyl (C=O) groups is 3. The zero-order valence-corrected chi connectivity index (χ0v) is 13.1.